The third kappa shape index (κ3) is 3.97. The Balaban J connectivity index is 2.09. The number of benzene rings is 1. The number of nitrogens with zero attached hydrogens (tertiary/aromatic N) is 1. The fourth-order valence-corrected chi connectivity index (χ4v) is 3.41. The summed E-state index contributed by atoms with van der Waals surface area (Å²) < 4.78 is 0. The summed E-state index contributed by atoms with van der Waals surface area (Å²) in [5.41, 5.74) is 1.23. The summed E-state index contributed by atoms with van der Waals surface area (Å²) in [6, 6.07) is 8.35. The lowest BCUT2D eigenvalue weighted by Crippen LogP contribution is -2.38. The van der Waals surface area contributed by atoms with Gasteiger partial charge in [0.15, 0.2) is 0 Å². The lowest BCUT2D eigenvalue weighted by molar-refractivity contribution is -0.138. The quantitative estimate of drug-likeness (QED) is 0.893. The number of piperidine rings is 1. The smallest absolute Gasteiger partial charge is 0.303 e. The number of carbonyl (C=O) groups is 1. The molecule has 1 heterocycles. The second-order valence-electron chi connectivity index (χ2n) is 5.58. The van der Waals surface area contributed by atoms with Gasteiger partial charge in [0, 0.05) is 24.0 Å². The molecule has 0 radical (unpaired) electrons. The first-order chi connectivity index (χ1) is 9.60. The Hall–Kier alpha value is -1.06. The molecule has 2 rings (SSSR count). The number of carboxylic acids is 1. The van der Waals surface area contributed by atoms with Crippen LogP contribution in [-0.2, 0) is 4.79 Å². The van der Waals surface area contributed by atoms with Crippen molar-refractivity contribution in [1.29, 1.82) is 0 Å². The second kappa shape index (κ2) is 7.09. The molecule has 0 spiro atoms. The molecule has 2 unspecified atom stereocenters. The van der Waals surface area contributed by atoms with Crippen LogP contribution in [0.25, 0.3) is 0 Å². The Kier molecular flexibility index (Phi) is 5.44. The number of hydrogen-bond acceptors (Lipinski definition) is 2. The van der Waals surface area contributed by atoms with Crippen LogP contribution in [0.15, 0.2) is 24.3 Å². The van der Waals surface area contributed by atoms with Crippen LogP contribution in [-0.4, -0.2) is 29.1 Å². The molecule has 1 aliphatic rings. The molecule has 1 aliphatic heterocycles. The summed E-state index contributed by atoms with van der Waals surface area (Å²) in [6.45, 7) is 4.09. The number of likely N-dealkylation sites (tertiary alicyclic amines) is 1. The highest BCUT2D eigenvalue weighted by Gasteiger charge is 2.27. The van der Waals surface area contributed by atoms with Gasteiger partial charge in [0.2, 0.25) is 0 Å². The van der Waals surface area contributed by atoms with Crippen LogP contribution in [0.3, 0.4) is 0 Å². The molecular weight excluding hydrogens is 274 g/mol. The Morgan fingerprint density at radius 3 is 3.00 bits per heavy atom. The van der Waals surface area contributed by atoms with Crippen molar-refractivity contribution in [2.75, 3.05) is 13.1 Å². The predicted molar refractivity (Wildman–Crippen MR) is 81.0 cm³/mol. The van der Waals surface area contributed by atoms with Crippen LogP contribution < -0.4 is 0 Å². The van der Waals surface area contributed by atoms with Gasteiger partial charge in [0.25, 0.3) is 0 Å². The number of halogens is 1. The average molecular weight is 296 g/mol. The SMILES string of the molecule is CCC(c1cccc(Cl)c1)N1CCCC(CC(=O)O)C1. The highest BCUT2D eigenvalue weighted by Crippen LogP contribution is 2.31. The molecule has 1 fully saturated rings. The zero-order valence-corrected chi connectivity index (χ0v) is 12.6. The van der Waals surface area contributed by atoms with Gasteiger partial charge < -0.3 is 5.11 Å². The zero-order chi connectivity index (χ0) is 14.5. The summed E-state index contributed by atoms with van der Waals surface area (Å²) in [5.74, 6) is -0.415. The number of carboxylic acid groups (broad SMARTS) is 1. The minimum Gasteiger partial charge on any atom is -0.481 e. The molecule has 1 aromatic carbocycles. The molecule has 0 aromatic heterocycles. The molecule has 1 N–H and O–H groups in total. The highest BCUT2D eigenvalue weighted by molar-refractivity contribution is 6.30. The van der Waals surface area contributed by atoms with Gasteiger partial charge in [-0.25, -0.2) is 0 Å². The molecule has 1 aromatic rings. The summed E-state index contributed by atoms with van der Waals surface area (Å²) in [5, 5.41) is 9.73. The second-order valence-corrected chi connectivity index (χ2v) is 6.02. The van der Waals surface area contributed by atoms with Crippen molar-refractivity contribution in [3.05, 3.63) is 34.9 Å². The van der Waals surface area contributed by atoms with Crippen molar-refractivity contribution < 1.29 is 9.90 Å². The Morgan fingerprint density at radius 2 is 2.35 bits per heavy atom. The average Bonchev–Trinajstić information content (AvgIpc) is 2.39. The van der Waals surface area contributed by atoms with Crippen LogP contribution in [0.4, 0.5) is 0 Å². The van der Waals surface area contributed by atoms with E-state index in [9.17, 15) is 4.79 Å². The van der Waals surface area contributed by atoms with E-state index in [4.69, 9.17) is 16.7 Å². The van der Waals surface area contributed by atoms with Crippen molar-refractivity contribution in [3.8, 4) is 0 Å². The van der Waals surface area contributed by atoms with E-state index < -0.39 is 5.97 Å². The number of rotatable bonds is 5. The van der Waals surface area contributed by atoms with Crippen molar-refractivity contribution in [1.82, 2.24) is 4.90 Å². The van der Waals surface area contributed by atoms with E-state index in [1.54, 1.807) is 0 Å². The van der Waals surface area contributed by atoms with Gasteiger partial charge >= 0.3 is 5.97 Å². The lowest BCUT2D eigenvalue weighted by atomic mass is 9.92. The summed E-state index contributed by atoms with van der Waals surface area (Å²) >= 11 is 6.09. The molecule has 4 heteroatoms. The molecule has 0 saturated carbocycles. The van der Waals surface area contributed by atoms with Crippen molar-refractivity contribution in [3.63, 3.8) is 0 Å². The lowest BCUT2D eigenvalue weighted by Gasteiger charge is -2.38. The topological polar surface area (TPSA) is 40.5 Å². The van der Waals surface area contributed by atoms with E-state index in [2.05, 4.69) is 17.9 Å². The van der Waals surface area contributed by atoms with Crippen LogP contribution in [0, 0.1) is 5.92 Å². The van der Waals surface area contributed by atoms with E-state index in [-0.39, 0.29) is 12.3 Å². The van der Waals surface area contributed by atoms with Gasteiger partial charge in [-0.05, 0) is 49.4 Å². The maximum Gasteiger partial charge on any atom is 0.303 e. The van der Waals surface area contributed by atoms with Crippen LogP contribution in [0.1, 0.15) is 44.2 Å². The van der Waals surface area contributed by atoms with E-state index in [1.807, 2.05) is 18.2 Å². The third-order valence-electron chi connectivity index (χ3n) is 4.07. The summed E-state index contributed by atoms with van der Waals surface area (Å²) in [4.78, 5) is 13.3. The molecule has 3 nitrogen and oxygen atoms in total. The summed E-state index contributed by atoms with van der Waals surface area (Å²) in [6.07, 6.45) is 3.40. The first kappa shape index (κ1) is 15.3. The molecule has 0 aliphatic carbocycles. The van der Waals surface area contributed by atoms with E-state index in [0.717, 1.165) is 37.4 Å². The van der Waals surface area contributed by atoms with Crippen molar-refractivity contribution in [2.24, 2.45) is 5.92 Å². The van der Waals surface area contributed by atoms with E-state index in [1.165, 1.54) is 5.56 Å². The Morgan fingerprint density at radius 1 is 1.55 bits per heavy atom. The molecule has 110 valence electrons. The van der Waals surface area contributed by atoms with Gasteiger partial charge in [-0.3, -0.25) is 9.69 Å². The maximum atomic E-state index is 10.9. The fraction of sp³-hybridized carbons (Fsp3) is 0.562. The molecule has 1 saturated heterocycles. The molecule has 20 heavy (non-hydrogen) atoms. The van der Waals surface area contributed by atoms with E-state index >= 15 is 0 Å². The first-order valence-electron chi connectivity index (χ1n) is 7.31. The van der Waals surface area contributed by atoms with Crippen LogP contribution in [0.5, 0.6) is 0 Å². The van der Waals surface area contributed by atoms with Gasteiger partial charge in [-0.15, -0.1) is 0 Å². The van der Waals surface area contributed by atoms with Gasteiger partial charge in [0.05, 0.1) is 0 Å². The molecule has 2 atom stereocenters. The maximum absolute atomic E-state index is 10.9. The van der Waals surface area contributed by atoms with Gasteiger partial charge in [0.1, 0.15) is 0 Å². The Bertz CT molecular complexity index is 464. The number of aliphatic carboxylic acids is 1. The standard InChI is InChI=1S/C16H22ClNO2/c1-2-15(13-6-3-7-14(17)10-13)18-8-4-5-12(11-18)9-16(19)20/h3,6-7,10,12,15H,2,4-5,8-9,11H2,1H3,(H,19,20). The van der Waals surface area contributed by atoms with Gasteiger partial charge in [-0.1, -0.05) is 30.7 Å². The highest BCUT2D eigenvalue weighted by atomic mass is 35.5. The normalized spacial score (nSPS) is 21.6. The predicted octanol–water partition coefficient (Wildman–Crippen LogP) is 3.98. The minimum atomic E-state index is -0.687. The monoisotopic (exact) mass is 295 g/mol. The Labute approximate surface area is 125 Å². The zero-order valence-electron chi connectivity index (χ0n) is 11.9. The molecule has 0 amide bonds. The van der Waals surface area contributed by atoms with Crippen LogP contribution in [0.2, 0.25) is 5.02 Å². The van der Waals surface area contributed by atoms with E-state index in [0.29, 0.717) is 6.04 Å². The molecular formula is C16H22ClNO2. The minimum absolute atomic E-state index is 0.273. The van der Waals surface area contributed by atoms with Crippen molar-refractivity contribution in [2.45, 2.75) is 38.6 Å². The third-order valence-corrected chi connectivity index (χ3v) is 4.31. The first-order valence-corrected chi connectivity index (χ1v) is 7.69. The molecule has 0 bridgehead atoms. The fourth-order valence-electron chi connectivity index (χ4n) is 3.21. The van der Waals surface area contributed by atoms with Crippen molar-refractivity contribution >= 4 is 17.6 Å². The largest absolute Gasteiger partial charge is 0.481 e. The van der Waals surface area contributed by atoms with Crippen LogP contribution >= 0.6 is 11.6 Å². The number of hydrogen-bond donors (Lipinski definition) is 1. The van der Waals surface area contributed by atoms with Gasteiger partial charge in [-0.2, -0.15) is 0 Å². The summed E-state index contributed by atoms with van der Waals surface area (Å²) in [7, 11) is 0.